The summed E-state index contributed by atoms with van der Waals surface area (Å²) in [7, 11) is 1.53. The lowest BCUT2D eigenvalue weighted by atomic mass is 10.2. The van der Waals surface area contributed by atoms with Crippen LogP contribution in [-0.2, 0) is 0 Å². The molecule has 2 aromatic carbocycles. The van der Waals surface area contributed by atoms with Gasteiger partial charge in [0, 0.05) is 20.4 Å². The standard InChI is InChI=1S/C21H20Br2ClN3O3/c1-5-30-16-8-12(17(23)18(24)19(16)29-4)10-25-27-20(11(2)3)26-15-7-6-13(22)9-14(15)21(27)28/h6-11H,5H2,1-4H3. The van der Waals surface area contributed by atoms with Crippen LogP contribution < -0.4 is 15.0 Å². The molecule has 0 aliphatic heterocycles. The largest absolute Gasteiger partial charge is 0.491 e. The van der Waals surface area contributed by atoms with E-state index >= 15 is 0 Å². The zero-order valence-corrected chi connectivity index (χ0v) is 20.8. The van der Waals surface area contributed by atoms with Gasteiger partial charge in [-0.05, 0) is 47.1 Å². The molecular weight excluding hydrogens is 538 g/mol. The lowest BCUT2D eigenvalue weighted by Gasteiger charge is -2.14. The highest BCUT2D eigenvalue weighted by Gasteiger charge is 2.17. The van der Waals surface area contributed by atoms with E-state index in [1.807, 2.05) is 32.9 Å². The fourth-order valence-electron chi connectivity index (χ4n) is 2.92. The number of rotatable bonds is 6. The van der Waals surface area contributed by atoms with Crippen LogP contribution in [0.4, 0.5) is 0 Å². The predicted octanol–water partition coefficient (Wildman–Crippen LogP) is 5.99. The predicted molar refractivity (Wildman–Crippen MR) is 128 cm³/mol. The Morgan fingerprint density at radius 3 is 2.67 bits per heavy atom. The molecule has 9 heteroatoms. The van der Waals surface area contributed by atoms with Crippen molar-refractivity contribution < 1.29 is 9.47 Å². The fourth-order valence-corrected chi connectivity index (χ4v) is 3.96. The van der Waals surface area contributed by atoms with Crippen molar-refractivity contribution in [2.75, 3.05) is 13.7 Å². The minimum Gasteiger partial charge on any atom is -0.491 e. The summed E-state index contributed by atoms with van der Waals surface area (Å²) in [5.74, 6) is 1.48. The molecule has 0 saturated carbocycles. The van der Waals surface area contributed by atoms with Gasteiger partial charge in [-0.25, -0.2) is 4.98 Å². The first kappa shape index (κ1) is 22.8. The number of fused-ring (bicyclic) bond motifs is 1. The van der Waals surface area contributed by atoms with Gasteiger partial charge < -0.3 is 9.47 Å². The molecule has 0 amide bonds. The van der Waals surface area contributed by atoms with Crippen LogP contribution in [-0.4, -0.2) is 29.6 Å². The molecule has 158 valence electrons. The third-order valence-corrected chi connectivity index (χ3v) is 6.26. The molecule has 0 N–H and O–H groups in total. The molecule has 3 rings (SSSR count). The third-order valence-electron chi connectivity index (χ3n) is 4.32. The van der Waals surface area contributed by atoms with E-state index in [0.29, 0.717) is 49.9 Å². The van der Waals surface area contributed by atoms with E-state index < -0.39 is 0 Å². The Bertz CT molecular complexity index is 1190. The van der Waals surface area contributed by atoms with Crippen molar-refractivity contribution in [3.8, 4) is 11.5 Å². The molecule has 1 aromatic heterocycles. The van der Waals surface area contributed by atoms with Crippen LogP contribution in [0.3, 0.4) is 0 Å². The zero-order valence-electron chi connectivity index (χ0n) is 16.9. The molecule has 0 radical (unpaired) electrons. The topological polar surface area (TPSA) is 65.7 Å². The van der Waals surface area contributed by atoms with E-state index in [9.17, 15) is 4.79 Å². The minimum atomic E-state index is -0.248. The number of methoxy groups -OCH3 is 1. The van der Waals surface area contributed by atoms with Gasteiger partial charge in [0.25, 0.3) is 5.56 Å². The first-order valence-electron chi connectivity index (χ1n) is 9.23. The second-order valence-electron chi connectivity index (χ2n) is 6.71. The molecule has 0 aliphatic rings. The Kier molecular flexibility index (Phi) is 7.21. The Morgan fingerprint density at radius 1 is 1.30 bits per heavy atom. The molecule has 30 heavy (non-hydrogen) atoms. The SMILES string of the molecule is CCOc1cc(C=Nn2c(C(C)C)nc3ccc(Br)cc3c2=O)c(Br)c(Cl)c1OC. The summed E-state index contributed by atoms with van der Waals surface area (Å²) in [6, 6.07) is 7.17. The highest BCUT2D eigenvalue weighted by atomic mass is 79.9. The Hall–Kier alpha value is -1.90. The Labute approximate surface area is 196 Å². The summed E-state index contributed by atoms with van der Waals surface area (Å²) in [4.78, 5) is 17.8. The first-order valence-corrected chi connectivity index (χ1v) is 11.2. The van der Waals surface area contributed by atoms with Gasteiger partial charge >= 0.3 is 0 Å². The molecule has 3 aromatic rings. The summed E-state index contributed by atoms with van der Waals surface area (Å²) >= 11 is 13.3. The summed E-state index contributed by atoms with van der Waals surface area (Å²) in [5, 5.41) is 5.29. The van der Waals surface area contributed by atoms with Crippen molar-refractivity contribution >= 4 is 60.6 Å². The molecule has 0 aliphatic carbocycles. The molecule has 0 atom stereocenters. The Balaban J connectivity index is 2.20. The van der Waals surface area contributed by atoms with Crippen LogP contribution in [0.1, 0.15) is 38.1 Å². The number of halogens is 3. The first-order chi connectivity index (χ1) is 14.3. The fraction of sp³-hybridized carbons (Fsp3) is 0.286. The van der Waals surface area contributed by atoms with Gasteiger partial charge in [-0.3, -0.25) is 4.79 Å². The van der Waals surface area contributed by atoms with Crippen LogP contribution in [0.25, 0.3) is 10.9 Å². The van der Waals surface area contributed by atoms with E-state index in [0.717, 1.165) is 4.47 Å². The summed E-state index contributed by atoms with van der Waals surface area (Å²) < 4.78 is 13.7. The maximum Gasteiger partial charge on any atom is 0.282 e. The van der Waals surface area contributed by atoms with Crippen LogP contribution in [0.2, 0.25) is 5.02 Å². The number of aromatic nitrogens is 2. The van der Waals surface area contributed by atoms with Crippen molar-refractivity contribution in [1.29, 1.82) is 0 Å². The number of benzene rings is 2. The van der Waals surface area contributed by atoms with Crippen LogP contribution >= 0.6 is 43.5 Å². The molecule has 6 nitrogen and oxygen atoms in total. The second-order valence-corrected chi connectivity index (χ2v) is 8.79. The number of nitrogens with zero attached hydrogens (tertiary/aromatic N) is 3. The van der Waals surface area contributed by atoms with E-state index in [-0.39, 0.29) is 11.5 Å². The van der Waals surface area contributed by atoms with Gasteiger partial charge in [-0.2, -0.15) is 9.78 Å². The molecule has 0 saturated heterocycles. The van der Waals surface area contributed by atoms with Crippen molar-refractivity contribution in [1.82, 2.24) is 9.66 Å². The molecule has 0 unspecified atom stereocenters. The summed E-state index contributed by atoms with van der Waals surface area (Å²) in [5.41, 5.74) is 1.02. The van der Waals surface area contributed by atoms with Crippen molar-refractivity contribution in [3.63, 3.8) is 0 Å². The van der Waals surface area contributed by atoms with E-state index in [1.54, 1.807) is 18.3 Å². The van der Waals surface area contributed by atoms with E-state index in [4.69, 9.17) is 21.1 Å². The van der Waals surface area contributed by atoms with Crippen molar-refractivity contribution in [3.05, 3.63) is 60.0 Å². The average molecular weight is 558 g/mol. The highest BCUT2D eigenvalue weighted by molar-refractivity contribution is 9.10. The third kappa shape index (κ3) is 4.40. The van der Waals surface area contributed by atoms with Gasteiger partial charge in [0.1, 0.15) is 10.8 Å². The van der Waals surface area contributed by atoms with Crippen molar-refractivity contribution in [2.45, 2.75) is 26.7 Å². The van der Waals surface area contributed by atoms with E-state index in [1.165, 1.54) is 11.8 Å². The smallest absolute Gasteiger partial charge is 0.282 e. The molecular formula is C21H20Br2ClN3O3. The van der Waals surface area contributed by atoms with Gasteiger partial charge in [-0.15, -0.1) is 0 Å². The normalized spacial score (nSPS) is 11.6. The minimum absolute atomic E-state index is 0.00946. The van der Waals surface area contributed by atoms with Crippen LogP contribution in [0.15, 0.2) is 43.1 Å². The maximum absolute atomic E-state index is 13.2. The average Bonchev–Trinajstić information content (AvgIpc) is 2.71. The van der Waals surface area contributed by atoms with Gasteiger partial charge in [0.2, 0.25) is 0 Å². The van der Waals surface area contributed by atoms with Crippen LogP contribution in [0.5, 0.6) is 11.5 Å². The number of hydrogen-bond acceptors (Lipinski definition) is 5. The molecule has 0 bridgehead atoms. The van der Waals surface area contributed by atoms with Gasteiger partial charge in [-0.1, -0.05) is 41.4 Å². The van der Waals surface area contributed by atoms with Crippen LogP contribution in [0, 0.1) is 0 Å². The highest BCUT2D eigenvalue weighted by Crippen LogP contribution is 2.42. The Morgan fingerprint density at radius 2 is 2.03 bits per heavy atom. The molecule has 0 fully saturated rings. The van der Waals surface area contributed by atoms with Gasteiger partial charge in [0.15, 0.2) is 11.5 Å². The molecule has 1 heterocycles. The monoisotopic (exact) mass is 555 g/mol. The summed E-state index contributed by atoms with van der Waals surface area (Å²) in [6.45, 7) is 6.25. The van der Waals surface area contributed by atoms with Crippen molar-refractivity contribution in [2.24, 2.45) is 5.10 Å². The summed E-state index contributed by atoms with van der Waals surface area (Å²) in [6.07, 6.45) is 1.55. The maximum atomic E-state index is 13.2. The van der Waals surface area contributed by atoms with E-state index in [2.05, 4.69) is 41.9 Å². The second kappa shape index (κ2) is 9.49. The number of ether oxygens (including phenoxy) is 2. The van der Waals surface area contributed by atoms with Gasteiger partial charge in [0.05, 0.1) is 30.8 Å². The zero-order chi connectivity index (χ0) is 22.0. The lowest BCUT2D eigenvalue weighted by molar-refractivity contribution is 0.311. The number of hydrogen-bond donors (Lipinski definition) is 0. The quantitative estimate of drug-likeness (QED) is 0.350. The lowest BCUT2D eigenvalue weighted by Crippen LogP contribution is -2.23. The molecule has 0 spiro atoms.